The van der Waals surface area contributed by atoms with Gasteiger partial charge in [0, 0.05) is 12.4 Å². The highest BCUT2D eigenvalue weighted by Crippen LogP contribution is 2.48. The normalized spacial score (nSPS) is 22.3. The summed E-state index contributed by atoms with van der Waals surface area (Å²) >= 11 is 0. The van der Waals surface area contributed by atoms with Gasteiger partial charge in [0.15, 0.2) is 17.4 Å². The minimum Gasteiger partial charge on any atom is -0.476 e. The van der Waals surface area contributed by atoms with Gasteiger partial charge in [0.25, 0.3) is 0 Å². The van der Waals surface area contributed by atoms with Gasteiger partial charge in [-0.2, -0.15) is 15.1 Å². The number of aliphatic hydroxyl groups excluding tert-OH is 1. The Hall–Kier alpha value is -4.37. The molecule has 16 heteroatoms. The predicted octanol–water partition coefficient (Wildman–Crippen LogP) is 4.29. The molecule has 3 heterocycles. The van der Waals surface area contributed by atoms with Crippen LogP contribution < -0.4 is 19.7 Å². The molecule has 1 fully saturated rings. The number of carbonyl (C=O) groups excluding carboxylic acids is 1. The number of hydrogen-bond donors (Lipinski definition) is 4. The summed E-state index contributed by atoms with van der Waals surface area (Å²) in [6.07, 6.45) is 1.76. The average molecular weight is 697 g/mol. The van der Waals surface area contributed by atoms with Crippen LogP contribution in [-0.2, 0) is 23.4 Å². The van der Waals surface area contributed by atoms with Crippen LogP contribution in [0.4, 0.5) is 5.95 Å². The Morgan fingerprint density at radius 3 is 2.65 bits per heavy atom. The van der Waals surface area contributed by atoms with Crippen molar-refractivity contribution in [3.63, 3.8) is 0 Å². The predicted molar refractivity (Wildman–Crippen MR) is 182 cm³/mol. The van der Waals surface area contributed by atoms with Gasteiger partial charge >= 0.3 is 13.7 Å². The number of nitrogens with zero attached hydrogens (tertiary/aromatic N) is 4. The highest BCUT2D eigenvalue weighted by atomic mass is 31.2. The molecule has 4 aromatic rings. The highest BCUT2D eigenvalue weighted by Gasteiger charge is 2.54. The fourth-order valence-electron chi connectivity index (χ4n) is 5.22. The Morgan fingerprint density at radius 1 is 1.16 bits per heavy atom. The molecule has 2 aromatic carbocycles. The maximum atomic E-state index is 14.4. The third-order valence-corrected chi connectivity index (χ3v) is 9.46. The van der Waals surface area contributed by atoms with Gasteiger partial charge in [0.1, 0.15) is 29.6 Å². The molecule has 1 saturated heterocycles. The van der Waals surface area contributed by atoms with Crippen molar-refractivity contribution in [3.05, 3.63) is 74.1 Å². The third-order valence-electron chi connectivity index (χ3n) is 7.83. The van der Waals surface area contributed by atoms with E-state index < -0.39 is 50.4 Å². The van der Waals surface area contributed by atoms with E-state index in [2.05, 4.69) is 38.5 Å². The number of ether oxygens (including phenoxy) is 3. The van der Waals surface area contributed by atoms with E-state index in [1.807, 2.05) is 18.2 Å². The fraction of sp³-hybridized carbons (Fsp3) is 0.394. The molecule has 15 nitrogen and oxygen atoms in total. The van der Waals surface area contributed by atoms with Crippen molar-refractivity contribution < 1.29 is 42.8 Å². The van der Waals surface area contributed by atoms with Gasteiger partial charge in [0.05, 0.1) is 26.1 Å². The molecule has 0 saturated carbocycles. The zero-order chi connectivity index (χ0) is 35.2. The van der Waals surface area contributed by atoms with Crippen LogP contribution in [0.1, 0.15) is 32.9 Å². The maximum absolute atomic E-state index is 14.4. The van der Waals surface area contributed by atoms with Crippen LogP contribution in [0.5, 0.6) is 11.6 Å². The first-order valence-corrected chi connectivity index (χ1v) is 17.2. The minimum atomic E-state index is -4.38. The summed E-state index contributed by atoms with van der Waals surface area (Å²) in [4.78, 5) is 25.9. The van der Waals surface area contributed by atoms with Gasteiger partial charge in [0.2, 0.25) is 11.8 Å². The van der Waals surface area contributed by atoms with Crippen molar-refractivity contribution in [2.45, 2.75) is 56.8 Å². The quantitative estimate of drug-likeness (QED) is 0.0530. The molecule has 49 heavy (non-hydrogen) atoms. The number of hydrogen-bond acceptors (Lipinski definition) is 13. The summed E-state index contributed by atoms with van der Waals surface area (Å²) in [6, 6.07) is 11.4. The fourth-order valence-corrected chi connectivity index (χ4v) is 6.74. The second kappa shape index (κ2) is 15.5. The summed E-state index contributed by atoms with van der Waals surface area (Å²) in [7, 11) is -2.74. The monoisotopic (exact) mass is 696 g/mol. The van der Waals surface area contributed by atoms with E-state index in [-0.39, 0.29) is 29.8 Å². The Bertz CT molecular complexity index is 1840. The highest BCUT2D eigenvalue weighted by molar-refractivity contribution is 7.52. The summed E-state index contributed by atoms with van der Waals surface area (Å²) < 4.78 is 44.8. The number of nitrogens with one attached hydrogen (secondary N) is 2. The van der Waals surface area contributed by atoms with Crippen molar-refractivity contribution in [2.75, 3.05) is 32.2 Å². The summed E-state index contributed by atoms with van der Waals surface area (Å²) in [5, 5.41) is 29.8. The zero-order valence-electron chi connectivity index (χ0n) is 27.5. The molecular weight excluding hydrogens is 655 g/mol. The Kier molecular flexibility index (Phi) is 11.3. The molecule has 1 aliphatic heterocycles. The van der Waals surface area contributed by atoms with E-state index >= 15 is 0 Å². The van der Waals surface area contributed by atoms with Crippen LogP contribution in [0.15, 0.2) is 74.1 Å². The van der Waals surface area contributed by atoms with E-state index in [0.717, 1.165) is 5.39 Å². The van der Waals surface area contributed by atoms with E-state index in [0.29, 0.717) is 30.4 Å². The number of imidazole rings is 1. The second-order valence-electron chi connectivity index (χ2n) is 11.5. The number of rotatable bonds is 17. The van der Waals surface area contributed by atoms with Gasteiger partial charge < -0.3 is 34.3 Å². The molecule has 0 bridgehead atoms. The van der Waals surface area contributed by atoms with Crippen molar-refractivity contribution in [1.82, 2.24) is 24.6 Å². The summed E-state index contributed by atoms with van der Waals surface area (Å²) in [6.45, 7) is 10.0. The SMILES string of the molecule is C=CCCOC(=O)[C@H](C)NP(=O)(OCC1OC(n2cnc3c(OCCC=C)nc(NC)nc32)[C@](C)(O)[C@@H]1O)Oc1cccc2ccccc12. The van der Waals surface area contributed by atoms with Gasteiger partial charge in [-0.1, -0.05) is 48.6 Å². The number of carbonyl (C=O) groups is 1. The van der Waals surface area contributed by atoms with Crippen LogP contribution in [0.2, 0.25) is 0 Å². The van der Waals surface area contributed by atoms with Crippen molar-refractivity contribution in [2.24, 2.45) is 0 Å². The number of anilines is 1. The molecule has 0 aliphatic carbocycles. The van der Waals surface area contributed by atoms with E-state index in [9.17, 15) is 19.6 Å². The molecule has 3 unspecified atom stereocenters. The Morgan fingerprint density at radius 2 is 1.90 bits per heavy atom. The van der Waals surface area contributed by atoms with Gasteiger partial charge in [-0.05, 0) is 38.1 Å². The zero-order valence-corrected chi connectivity index (χ0v) is 28.4. The van der Waals surface area contributed by atoms with E-state index in [4.69, 9.17) is 23.3 Å². The van der Waals surface area contributed by atoms with Crippen molar-refractivity contribution in [1.29, 1.82) is 0 Å². The maximum Gasteiger partial charge on any atom is 0.459 e. The molecule has 5 rings (SSSR count). The first kappa shape index (κ1) is 35.9. The molecular formula is C33H41N6O9P. The van der Waals surface area contributed by atoms with Gasteiger partial charge in [-0.3, -0.25) is 13.9 Å². The standard InChI is InChI=1S/C33H41N6O9P/c1-6-8-17-44-29-26-28(36-32(34-5)37-29)39(20-35-26)31-33(4,42)27(40)25(47-31)19-46-49(43,38-21(3)30(41)45-18-9-7-2)48-24-16-12-14-22-13-10-11-15-23(22)24/h6-7,10-16,20-21,25,27,31,40,42H,1-2,8-9,17-19H2,3-5H3,(H,38,43)(H,34,36,37)/t21-,25?,27+,31?,33+,49?/m0/s1. The average Bonchev–Trinajstić information content (AvgIpc) is 3.61. The number of esters is 1. The first-order valence-electron chi connectivity index (χ1n) is 15.7. The van der Waals surface area contributed by atoms with Crippen LogP contribution in [0, 0.1) is 0 Å². The van der Waals surface area contributed by atoms with Crippen molar-refractivity contribution in [3.8, 4) is 11.6 Å². The molecule has 2 aromatic heterocycles. The van der Waals surface area contributed by atoms with Crippen LogP contribution in [-0.4, -0.2) is 86.4 Å². The van der Waals surface area contributed by atoms with Gasteiger partial charge in [-0.25, -0.2) is 9.55 Å². The van der Waals surface area contributed by atoms with E-state index in [1.165, 1.54) is 24.7 Å². The van der Waals surface area contributed by atoms with Gasteiger partial charge in [-0.15, -0.1) is 13.2 Å². The smallest absolute Gasteiger partial charge is 0.459 e. The molecule has 4 N–H and O–H groups in total. The van der Waals surface area contributed by atoms with Crippen LogP contribution in [0.25, 0.3) is 21.9 Å². The number of aromatic nitrogens is 4. The van der Waals surface area contributed by atoms with Crippen LogP contribution >= 0.6 is 7.75 Å². The molecule has 262 valence electrons. The lowest BCUT2D eigenvalue weighted by molar-refractivity contribution is -0.145. The van der Waals surface area contributed by atoms with E-state index in [1.54, 1.807) is 43.5 Å². The number of fused-ring (bicyclic) bond motifs is 2. The summed E-state index contributed by atoms with van der Waals surface area (Å²) in [5.74, 6) is -0.0107. The third kappa shape index (κ3) is 7.93. The molecule has 0 radical (unpaired) electrons. The molecule has 6 atom stereocenters. The molecule has 0 amide bonds. The molecule has 1 aliphatic rings. The Labute approximate surface area is 283 Å². The number of aliphatic hydroxyl groups is 2. The topological polar surface area (TPSA) is 188 Å². The minimum absolute atomic E-state index is 0.0916. The molecule has 0 spiro atoms. The van der Waals surface area contributed by atoms with Crippen LogP contribution in [0.3, 0.4) is 0 Å². The second-order valence-corrected chi connectivity index (χ2v) is 13.2. The number of benzene rings is 2. The lowest BCUT2D eigenvalue weighted by Crippen LogP contribution is -2.44. The Balaban J connectivity index is 1.40. The lowest BCUT2D eigenvalue weighted by Gasteiger charge is -2.27. The van der Waals surface area contributed by atoms with Crippen molar-refractivity contribution >= 4 is 41.6 Å². The summed E-state index contributed by atoms with van der Waals surface area (Å²) in [5.41, 5.74) is -1.32. The largest absolute Gasteiger partial charge is 0.476 e. The lowest BCUT2D eigenvalue weighted by atomic mass is 9.96. The first-order chi connectivity index (χ1) is 23.5.